The van der Waals surface area contributed by atoms with Crippen LogP contribution in [0.15, 0.2) is 24.8 Å². The Morgan fingerprint density at radius 3 is 2.76 bits per heavy atom. The van der Waals surface area contributed by atoms with E-state index in [1.54, 1.807) is 0 Å². The molecular weight excluding hydrogens is 212 g/mol. The summed E-state index contributed by atoms with van der Waals surface area (Å²) in [5.74, 6) is 0.689. The van der Waals surface area contributed by atoms with E-state index in [2.05, 4.69) is 18.7 Å². The van der Waals surface area contributed by atoms with Crippen molar-refractivity contribution in [3.8, 4) is 0 Å². The number of rotatable bonds is 6. The molecule has 1 N–H and O–H groups in total. The lowest BCUT2D eigenvalue weighted by atomic mass is 9.79. The SMILES string of the molecule is C=CCCC/C=C\[C@@H]1[C@@H]2CC[C@@H](C2)[C@@H]1C(=O)O. The van der Waals surface area contributed by atoms with Crippen molar-refractivity contribution in [2.45, 2.75) is 38.5 Å². The summed E-state index contributed by atoms with van der Waals surface area (Å²) in [5.41, 5.74) is 0. The fraction of sp³-hybridized carbons (Fsp3) is 0.667. The molecule has 0 heterocycles. The van der Waals surface area contributed by atoms with Crippen molar-refractivity contribution >= 4 is 5.97 Å². The second-order valence-electron chi connectivity index (χ2n) is 5.42. The molecule has 0 aliphatic heterocycles. The van der Waals surface area contributed by atoms with Crippen LogP contribution in [0.4, 0.5) is 0 Å². The van der Waals surface area contributed by atoms with E-state index in [1.165, 1.54) is 6.42 Å². The molecule has 4 atom stereocenters. The monoisotopic (exact) mass is 234 g/mol. The highest BCUT2D eigenvalue weighted by molar-refractivity contribution is 5.72. The first-order valence-corrected chi connectivity index (χ1v) is 6.74. The summed E-state index contributed by atoms with van der Waals surface area (Å²) in [5, 5.41) is 9.30. The summed E-state index contributed by atoms with van der Waals surface area (Å²) in [6.07, 6.45) is 13.0. The summed E-state index contributed by atoms with van der Waals surface area (Å²) in [7, 11) is 0. The number of carbonyl (C=O) groups is 1. The van der Waals surface area contributed by atoms with Gasteiger partial charge in [0.25, 0.3) is 0 Å². The van der Waals surface area contributed by atoms with Gasteiger partial charge in [0.2, 0.25) is 0 Å². The first kappa shape index (κ1) is 12.4. The Kier molecular flexibility index (Phi) is 4.03. The van der Waals surface area contributed by atoms with Crippen LogP contribution in [0.25, 0.3) is 0 Å². The summed E-state index contributed by atoms with van der Waals surface area (Å²) in [6, 6.07) is 0. The molecule has 2 bridgehead atoms. The maximum atomic E-state index is 11.3. The maximum absolute atomic E-state index is 11.3. The Balaban J connectivity index is 1.90. The molecule has 94 valence electrons. The Morgan fingerprint density at radius 2 is 2.06 bits per heavy atom. The first-order valence-electron chi connectivity index (χ1n) is 6.74. The lowest BCUT2D eigenvalue weighted by molar-refractivity contribution is -0.144. The maximum Gasteiger partial charge on any atom is 0.307 e. The summed E-state index contributed by atoms with van der Waals surface area (Å²) in [4.78, 5) is 11.3. The van der Waals surface area contributed by atoms with Gasteiger partial charge in [-0.2, -0.15) is 0 Å². The second-order valence-corrected chi connectivity index (χ2v) is 5.42. The highest BCUT2D eigenvalue weighted by Crippen LogP contribution is 2.52. The Hall–Kier alpha value is -1.05. The molecule has 2 nitrogen and oxygen atoms in total. The molecule has 2 rings (SSSR count). The van der Waals surface area contributed by atoms with E-state index in [4.69, 9.17) is 0 Å². The van der Waals surface area contributed by atoms with Crippen LogP contribution >= 0.6 is 0 Å². The Bertz CT molecular complexity index is 319. The largest absolute Gasteiger partial charge is 0.481 e. The van der Waals surface area contributed by atoms with E-state index in [9.17, 15) is 9.90 Å². The molecule has 0 aromatic carbocycles. The van der Waals surface area contributed by atoms with Gasteiger partial charge in [0, 0.05) is 0 Å². The Labute approximate surface area is 103 Å². The van der Waals surface area contributed by atoms with E-state index in [0.717, 1.165) is 32.1 Å². The highest BCUT2D eigenvalue weighted by Gasteiger charge is 2.49. The van der Waals surface area contributed by atoms with E-state index in [-0.39, 0.29) is 5.92 Å². The summed E-state index contributed by atoms with van der Waals surface area (Å²) < 4.78 is 0. The highest BCUT2D eigenvalue weighted by atomic mass is 16.4. The van der Waals surface area contributed by atoms with E-state index in [0.29, 0.717) is 17.8 Å². The summed E-state index contributed by atoms with van der Waals surface area (Å²) >= 11 is 0. The number of hydrogen-bond acceptors (Lipinski definition) is 1. The minimum Gasteiger partial charge on any atom is -0.481 e. The van der Waals surface area contributed by atoms with E-state index < -0.39 is 5.97 Å². The normalized spacial score (nSPS) is 35.5. The van der Waals surface area contributed by atoms with Gasteiger partial charge in [0.05, 0.1) is 5.92 Å². The third kappa shape index (κ3) is 2.62. The standard InChI is InChI=1S/C15H22O2/c1-2-3-4-5-6-7-13-11-8-9-12(10-11)14(13)15(16)17/h2,6-7,11-14H,1,3-5,8-10H2,(H,16,17)/b7-6-/t11-,12+,13-,14+/m1/s1. The molecule has 2 aliphatic rings. The number of unbranched alkanes of at least 4 members (excludes halogenated alkanes) is 2. The number of aliphatic carboxylic acids is 1. The number of carboxylic acids is 1. The van der Waals surface area contributed by atoms with Gasteiger partial charge in [-0.25, -0.2) is 0 Å². The van der Waals surface area contributed by atoms with Crippen molar-refractivity contribution in [1.29, 1.82) is 0 Å². The van der Waals surface area contributed by atoms with E-state index >= 15 is 0 Å². The molecule has 2 heteroatoms. The van der Waals surface area contributed by atoms with Crippen molar-refractivity contribution in [3.05, 3.63) is 24.8 Å². The van der Waals surface area contributed by atoms with Crippen LogP contribution < -0.4 is 0 Å². The Morgan fingerprint density at radius 1 is 1.29 bits per heavy atom. The number of fused-ring (bicyclic) bond motifs is 2. The topological polar surface area (TPSA) is 37.3 Å². The quantitative estimate of drug-likeness (QED) is 0.562. The van der Waals surface area contributed by atoms with Crippen molar-refractivity contribution < 1.29 is 9.90 Å². The van der Waals surface area contributed by atoms with Crippen molar-refractivity contribution in [3.63, 3.8) is 0 Å². The average molecular weight is 234 g/mol. The van der Waals surface area contributed by atoms with Gasteiger partial charge in [-0.1, -0.05) is 18.2 Å². The lowest BCUT2D eigenvalue weighted by Crippen LogP contribution is -2.28. The molecule has 17 heavy (non-hydrogen) atoms. The predicted octanol–water partition coefficient (Wildman–Crippen LogP) is 3.65. The van der Waals surface area contributed by atoms with Crippen molar-refractivity contribution in [2.75, 3.05) is 0 Å². The first-order chi connectivity index (χ1) is 8.24. The van der Waals surface area contributed by atoms with Gasteiger partial charge in [-0.15, -0.1) is 6.58 Å². The number of allylic oxidation sites excluding steroid dienone is 3. The fourth-order valence-electron chi connectivity index (χ4n) is 3.61. The third-order valence-corrected chi connectivity index (χ3v) is 4.40. The molecule has 0 saturated heterocycles. The van der Waals surface area contributed by atoms with Gasteiger partial charge in [0.1, 0.15) is 0 Å². The molecule has 0 spiro atoms. The van der Waals surface area contributed by atoms with Gasteiger partial charge in [0.15, 0.2) is 0 Å². The zero-order valence-electron chi connectivity index (χ0n) is 10.3. The molecule has 2 fully saturated rings. The van der Waals surface area contributed by atoms with Crippen LogP contribution in [0.2, 0.25) is 0 Å². The third-order valence-electron chi connectivity index (χ3n) is 4.40. The second kappa shape index (κ2) is 5.52. The van der Waals surface area contributed by atoms with Gasteiger partial charge >= 0.3 is 5.97 Å². The minimum absolute atomic E-state index is 0.107. The van der Waals surface area contributed by atoms with Crippen LogP contribution in [0, 0.1) is 23.7 Å². The molecular formula is C15H22O2. The van der Waals surface area contributed by atoms with Gasteiger partial charge < -0.3 is 5.11 Å². The lowest BCUT2D eigenvalue weighted by Gasteiger charge is -2.25. The van der Waals surface area contributed by atoms with Crippen LogP contribution in [0.1, 0.15) is 38.5 Å². The van der Waals surface area contributed by atoms with Crippen LogP contribution in [0.3, 0.4) is 0 Å². The smallest absolute Gasteiger partial charge is 0.307 e. The molecule has 0 radical (unpaired) electrons. The van der Waals surface area contributed by atoms with Crippen molar-refractivity contribution in [1.82, 2.24) is 0 Å². The summed E-state index contributed by atoms with van der Waals surface area (Å²) in [6.45, 7) is 3.70. The zero-order valence-corrected chi connectivity index (χ0v) is 10.3. The van der Waals surface area contributed by atoms with Gasteiger partial charge in [-0.05, 0) is 56.3 Å². The molecule has 0 amide bonds. The zero-order chi connectivity index (χ0) is 12.3. The number of hydrogen-bond donors (Lipinski definition) is 1. The van der Waals surface area contributed by atoms with Crippen molar-refractivity contribution in [2.24, 2.45) is 23.7 Å². The fourth-order valence-corrected chi connectivity index (χ4v) is 3.61. The predicted molar refractivity (Wildman–Crippen MR) is 68.6 cm³/mol. The van der Waals surface area contributed by atoms with E-state index in [1.807, 2.05) is 6.08 Å². The molecule has 0 unspecified atom stereocenters. The molecule has 2 aliphatic carbocycles. The molecule has 2 saturated carbocycles. The van der Waals surface area contributed by atoms with Crippen LogP contribution in [0.5, 0.6) is 0 Å². The van der Waals surface area contributed by atoms with Crippen LogP contribution in [-0.4, -0.2) is 11.1 Å². The number of carboxylic acid groups (broad SMARTS) is 1. The molecule has 0 aromatic heterocycles. The minimum atomic E-state index is -0.585. The average Bonchev–Trinajstić information content (AvgIpc) is 2.88. The molecule has 0 aromatic rings. The van der Waals surface area contributed by atoms with Crippen LogP contribution in [-0.2, 0) is 4.79 Å². The van der Waals surface area contributed by atoms with Gasteiger partial charge in [-0.3, -0.25) is 4.79 Å².